The molecule has 0 aliphatic carbocycles. The largest absolute Gasteiger partial charge is 0.416 e. The van der Waals surface area contributed by atoms with Crippen molar-refractivity contribution < 1.29 is 4.42 Å². The van der Waals surface area contributed by atoms with Crippen LogP contribution in [0.2, 0.25) is 0 Å². The fraction of sp³-hybridized carbons (Fsp3) is 0.870. The summed E-state index contributed by atoms with van der Waals surface area (Å²) in [5.41, 5.74) is 0.927. The van der Waals surface area contributed by atoms with Gasteiger partial charge in [0.05, 0.1) is 5.69 Å². The summed E-state index contributed by atoms with van der Waals surface area (Å²) in [6.07, 6.45) is 23.6. The van der Waals surface area contributed by atoms with Crippen LogP contribution < -0.4 is 5.76 Å². The Kier molecular flexibility index (Phi) is 12.5. The second-order valence-corrected chi connectivity index (χ2v) is 8.65. The molecule has 0 saturated heterocycles. The van der Waals surface area contributed by atoms with E-state index in [9.17, 15) is 4.79 Å². The van der Waals surface area contributed by atoms with Gasteiger partial charge in [-0.05, 0) is 6.42 Å². The summed E-state index contributed by atoms with van der Waals surface area (Å²) in [5, 5.41) is 0. The zero-order valence-electron chi connectivity index (χ0n) is 17.7. The minimum absolute atomic E-state index is 0.00268. The molecule has 1 heterocycles. The monoisotopic (exact) mass is 365 g/mol. The highest BCUT2D eigenvalue weighted by molar-refractivity contribution is 5.07. The van der Waals surface area contributed by atoms with Gasteiger partial charge in [0.15, 0.2) is 0 Å². The van der Waals surface area contributed by atoms with Crippen molar-refractivity contribution in [2.75, 3.05) is 0 Å². The summed E-state index contributed by atoms with van der Waals surface area (Å²) in [5.74, 6) is -0.343. The molecule has 0 aliphatic rings. The SMILES string of the molecule is CCCCCCCCCCCCCCCCCC(C)(C)c1coc(=O)[nH]1. The fourth-order valence-electron chi connectivity index (χ4n) is 3.68. The van der Waals surface area contributed by atoms with Crippen LogP contribution in [0.25, 0.3) is 0 Å². The van der Waals surface area contributed by atoms with Crippen LogP contribution in [0.5, 0.6) is 0 Å². The lowest BCUT2D eigenvalue weighted by molar-refractivity contribution is 0.428. The van der Waals surface area contributed by atoms with E-state index in [0.717, 1.165) is 12.1 Å². The van der Waals surface area contributed by atoms with Crippen molar-refractivity contribution >= 4 is 0 Å². The molecular formula is C23H43NO2. The molecule has 3 heteroatoms. The molecule has 1 aromatic heterocycles. The first-order chi connectivity index (χ1) is 12.6. The van der Waals surface area contributed by atoms with Crippen LogP contribution in [-0.2, 0) is 5.41 Å². The Morgan fingerprint density at radius 3 is 1.58 bits per heavy atom. The first-order valence-electron chi connectivity index (χ1n) is 11.2. The predicted octanol–water partition coefficient (Wildman–Crippen LogP) is 7.51. The van der Waals surface area contributed by atoms with Crippen molar-refractivity contribution in [3.63, 3.8) is 0 Å². The average Bonchev–Trinajstić information content (AvgIpc) is 3.06. The van der Waals surface area contributed by atoms with Gasteiger partial charge in [-0.25, -0.2) is 4.79 Å². The molecule has 0 unspecified atom stereocenters. The fourth-order valence-corrected chi connectivity index (χ4v) is 3.68. The van der Waals surface area contributed by atoms with E-state index < -0.39 is 0 Å². The van der Waals surface area contributed by atoms with Crippen LogP contribution in [0.3, 0.4) is 0 Å². The summed E-state index contributed by atoms with van der Waals surface area (Å²) < 4.78 is 4.87. The van der Waals surface area contributed by atoms with Crippen molar-refractivity contribution in [3.05, 3.63) is 22.5 Å². The van der Waals surface area contributed by atoms with Gasteiger partial charge in [-0.15, -0.1) is 0 Å². The number of H-pyrrole nitrogens is 1. The van der Waals surface area contributed by atoms with Gasteiger partial charge < -0.3 is 4.42 Å². The summed E-state index contributed by atoms with van der Waals surface area (Å²) in [7, 11) is 0. The highest BCUT2D eigenvalue weighted by atomic mass is 16.4. The summed E-state index contributed by atoms with van der Waals surface area (Å²) >= 11 is 0. The Balaban J connectivity index is 1.86. The smallest absolute Gasteiger partial charge is 0.416 e. The highest BCUT2D eigenvalue weighted by Gasteiger charge is 2.22. The lowest BCUT2D eigenvalue weighted by atomic mass is 9.84. The Morgan fingerprint density at radius 2 is 1.19 bits per heavy atom. The summed E-state index contributed by atoms with van der Waals surface area (Å²) in [6.45, 7) is 6.64. The number of hydrogen-bond donors (Lipinski definition) is 1. The van der Waals surface area contributed by atoms with Crippen molar-refractivity contribution in [1.29, 1.82) is 0 Å². The molecule has 0 radical (unpaired) electrons. The number of aromatic amines is 1. The van der Waals surface area contributed by atoms with E-state index >= 15 is 0 Å². The second-order valence-electron chi connectivity index (χ2n) is 8.65. The lowest BCUT2D eigenvalue weighted by Gasteiger charge is -2.22. The third-order valence-electron chi connectivity index (χ3n) is 5.66. The Hall–Kier alpha value is -0.990. The Bertz CT molecular complexity index is 486. The lowest BCUT2D eigenvalue weighted by Crippen LogP contribution is -2.18. The molecule has 0 atom stereocenters. The minimum atomic E-state index is -0.343. The molecule has 1 N–H and O–H groups in total. The van der Waals surface area contributed by atoms with Crippen LogP contribution in [0, 0.1) is 0 Å². The second kappa shape index (κ2) is 14.1. The van der Waals surface area contributed by atoms with Crippen molar-refractivity contribution in [2.45, 2.75) is 129 Å². The van der Waals surface area contributed by atoms with E-state index in [0.29, 0.717) is 0 Å². The Morgan fingerprint density at radius 1 is 0.769 bits per heavy atom. The quantitative estimate of drug-likeness (QED) is 0.290. The van der Waals surface area contributed by atoms with Crippen molar-refractivity contribution in [3.8, 4) is 0 Å². The van der Waals surface area contributed by atoms with Crippen molar-refractivity contribution in [1.82, 2.24) is 4.98 Å². The van der Waals surface area contributed by atoms with E-state index in [1.165, 1.54) is 96.3 Å². The van der Waals surface area contributed by atoms with Crippen LogP contribution in [0.15, 0.2) is 15.5 Å². The van der Waals surface area contributed by atoms with Crippen LogP contribution in [0.1, 0.15) is 129 Å². The first-order valence-corrected chi connectivity index (χ1v) is 11.2. The molecule has 0 amide bonds. The van der Waals surface area contributed by atoms with Crippen molar-refractivity contribution in [2.24, 2.45) is 0 Å². The molecule has 152 valence electrons. The van der Waals surface area contributed by atoms with Gasteiger partial charge >= 0.3 is 5.76 Å². The first kappa shape index (κ1) is 23.0. The molecular weight excluding hydrogens is 322 g/mol. The van der Waals surface area contributed by atoms with Crippen LogP contribution >= 0.6 is 0 Å². The molecule has 0 spiro atoms. The maximum absolute atomic E-state index is 11.1. The highest BCUT2D eigenvalue weighted by Crippen LogP contribution is 2.27. The van der Waals surface area contributed by atoms with E-state index in [1.807, 2.05) is 0 Å². The van der Waals surface area contributed by atoms with Gasteiger partial charge in [-0.2, -0.15) is 0 Å². The molecule has 0 fully saturated rings. The molecule has 1 aromatic rings. The van der Waals surface area contributed by atoms with Gasteiger partial charge in [-0.3, -0.25) is 4.98 Å². The standard InChI is InChI=1S/C23H43NO2/c1-4-5-6-7-8-9-10-11-12-13-14-15-16-17-18-19-23(2,3)21-20-26-22(25)24-21/h20H,4-19H2,1-3H3,(H,24,25). The van der Waals surface area contributed by atoms with E-state index in [4.69, 9.17) is 4.42 Å². The molecule has 26 heavy (non-hydrogen) atoms. The van der Waals surface area contributed by atoms with E-state index in [-0.39, 0.29) is 11.2 Å². The molecule has 0 aliphatic heterocycles. The van der Waals surface area contributed by atoms with E-state index in [2.05, 4.69) is 25.8 Å². The third-order valence-corrected chi connectivity index (χ3v) is 5.66. The van der Waals surface area contributed by atoms with Crippen LogP contribution in [0.4, 0.5) is 0 Å². The maximum Gasteiger partial charge on any atom is 0.416 e. The topological polar surface area (TPSA) is 46.0 Å². The van der Waals surface area contributed by atoms with Crippen LogP contribution in [-0.4, -0.2) is 4.98 Å². The van der Waals surface area contributed by atoms with E-state index in [1.54, 1.807) is 6.26 Å². The van der Waals surface area contributed by atoms with Gasteiger partial charge in [0.2, 0.25) is 0 Å². The van der Waals surface area contributed by atoms with Gasteiger partial charge in [0.25, 0.3) is 0 Å². The number of nitrogens with one attached hydrogen (secondary N) is 1. The molecule has 0 saturated carbocycles. The number of rotatable bonds is 17. The normalized spacial score (nSPS) is 12.0. The molecule has 3 nitrogen and oxygen atoms in total. The predicted molar refractivity (Wildman–Crippen MR) is 112 cm³/mol. The number of hydrogen-bond acceptors (Lipinski definition) is 2. The minimum Gasteiger partial charge on any atom is -0.416 e. The zero-order valence-corrected chi connectivity index (χ0v) is 17.7. The average molecular weight is 366 g/mol. The maximum atomic E-state index is 11.1. The molecule has 0 aromatic carbocycles. The summed E-state index contributed by atoms with van der Waals surface area (Å²) in [4.78, 5) is 13.9. The van der Waals surface area contributed by atoms with Gasteiger partial charge in [0, 0.05) is 5.41 Å². The third kappa shape index (κ3) is 10.9. The zero-order chi connectivity index (χ0) is 19.1. The number of aromatic nitrogens is 1. The number of unbranched alkanes of at least 4 members (excludes halogenated alkanes) is 14. The van der Waals surface area contributed by atoms with Gasteiger partial charge in [0.1, 0.15) is 6.26 Å². The van der Waals surface area contributed by atoms with Gasteiger partial charge in [-0.1, -0.05) is 117 Å². The number of oxazole rings is 1. The summed E-state index contributed by atoms with van der Waals surface area (Å²) in [6, 6.07) is 0. The molecule has 1 rings (SSSR count). The Labute approximate surface area is 161 Å². The molecule has 0 bridgehead atoms.